The Morgan fingerprint density at radius 3 is 2.64 bits per heavy atom. The highest BCUT2D eigenvalue weighted by Crippen LogP contribution is 2.00. The van der Waals surface area contributed by atoms with Crippen LogP contribution >= 0.6 is 0 Å². The van der Waals surface area contributed by atoms with Crippen LogP contribution in [-0.2, 0) is 4.79 Å². The predicted octanol–water partition coefficient (Wildman–Crippen LogP) is -0.227. The van der Waals surface area contributed by atoms with Crippen molar-refractivity contribution in [3.63, 3.8) is 0 Å². The number of Topliss-reactive ketones (excluding diaryl/α,β-unsaturated/α-hetero) is 1. The molecular formula is C8H16N2O. The number of hydrogen-bond donors (Lipinski definition) is 2. The van der Waals surface area contributed by atoms with Crippen molar-refractivity contribution >= 4 is 5.78 Å². The number of nitrogens with one attached hydrogen (secondary N) is 2. The van der Waals surface area contributed by atoms with Gasteiger partial charge in [-0.3, -0.25) is 4.79 Å². The van der Waals surface area contributed by atoms with Crippen LogP contribution in [0.5, 0.6) is 0 Å². The monoisotopic (exact) mass is 156 g/mol. The predicted molar refractivity (Wildman–Crippen MR) is 44.5 cm³/mol. The first-order chi connectivity index (χ1) is 5.22. The largest absolute Gasteiger partial charge is 0.313 e. The Labute approximate surface area is 67.5 Å². The molecule has 3 heteroatoms. The summed E-state index contributed by atoms with van der Waals surface area (Å²) in [4.78, 5) is 11.4. The lowest BCUT2D eigenvalue weighted by Crippen LogP contribution is -2.53. The van der Waals surface area contributed by atoms with Crippen molar-refractivity contribution in [2.75, 3.05) is 19.6 Å². The van der Waals surface area contributed by atoms with Crippen molar-refractivity contribution in [1.29, 1.82) is 0 Å². The van der Waals surface area contributed by atoms with E-state index in [0.717, 1.165) is 19.6 Å². The fourth-order valence-electron chi connectivity index (χ4n) is 1.26. The molecule has 0 spiro atoms. The average Bonchev–Trinajstić information content (AvgIpc) is 2.05. The SMILES string of the molecule is CC(C)C(=O)C1CNCCN1. The van der Waals surface area contributed by atoms with E-state index in [-0.39, 0.29) is 12.0 Å². The maximum atomic E-state index is 11.4. The van der Waals surface area contributed by atoms with Gasteiger partial charge in [0, 0.05) is 25.6 Å². The molecule has 0 aromatic carbocycles. The number of ketones is 1. The van der Waals surface area contributed by atoms with Gasteiger partial charge in [-0.1, -0.05) is 13.8 Å². The molecule has 0 amide bonds. The number of carbonyl (C=O) groups is 1. The number of rotatable bonds is 2. The zero-order valence-corrected chi connectivity index (χ0v) is 7.18. The van der Waals surface area contributed by atoms with E-state index >= 15 is 0 Å². The maximum absolute atomic E-state index is 11.4. The summed E-state index contributed by atoms with van der Waals surface area (Å²) >= 11 is 0. The molecule has 3 nitrogen and oxygen atoms in total. The summed E-state index contributed by atoms with van der Waals surface area (Å²) in [5.74, 6) is 0.463. The summed E-state index contributed by atoms with van der Waals surface area (Å²) in [6.45, 7) is 6.55. The van der Waals surface area contributed by atoms with E-state index in [1.165, 1.54) is 0 Å². The second-order valence-corrected chi connectivity index (χ2v) is 3.27. The van der Waals surface area contributed by atoms with Gasteiger partial charge >= 0.3 is 0 Å². The van der Waals surface area contributed by atoms with E-state index in [4.69, 9.17) is 0 Å². The topological polar surface area (TPSA) is 41.1 Å². The van der Waals surface area contributed by atoms with Gasteiger partial charge in [-0.05, 0) is 0 Å². The second kappa shape index (κ2) is 3.83. The highest BCUT2D eigenvalue weighted by molar-refractivity contribution is 5.86. The van der Waals surface area contributed by atoms with Gasteiger partial charge < -0.3 is 10.6 Å². The van der Waals surface area contributed by atoms with Crippen LogP contribution in [0.4, 0.5) is 0 Å². The molecule has 1 heterocycles. The normalized spacial score (nSPS) is 25.5. The first kappa shape index (κ1) is 8.68. The van der Waals surface area contributed by atoms with Crippen molar-refractivity contribution in [2.24, 2.45) is 5.92 Å². The highest BCUT2D eigenvalue weighted by Gasteiger charge is 2.21. The van der Waals surface area contributed by atoms with Gasteiger partial charge in [0.05, 0.1) is 6.04 Å². The molecule has 1 rings (SSSR count). The van der Waals surface area contributed by atoms with Crippen LogP contribution in [0.15, 0.2) is 0 Å². The number of carbonyl (C=O) groups excluding carboxylic acids is 1. The molecule has 1 fully saturated rings. The molecule has 64 valence electrons. The molecule has 1 aliphatic rings. The first-order valence-corrected chi connectivity index (χ1v) is 4.19. The van der Waals surface area contributed by atoms with E-state index in [0.29, 0.717) is 5.78 Å². The summed E-state index contributed by atoms with van der Waals surface area (Å²) in [5.41, 5.74) is 0. The van der Waals surface area contributed by atoms with Gasteiger partial charge in [-0.25, -0.2) is 0 Å². The lowest BCUT2D eigenvalue weighted by Gasteiger charge is -2.24. The molecular weight excluding hydrogens is 140 g/mol. The molecule has 0 saturated carbocycles. The van der Waals surface area contributed by atoms with Crippen LogP contribution in [0.25, 0.3) is 0 Å². The molecule has 0 aliphatic carbocycles. The fraction of sp³-hybridized carbons (Fsp3) is 0.875. The first-order valence-electron chi connectivity index (χ1n) is 4.19. The third-order valence-electron chi connectivity index (χ3n) is 1.95. The molecule has 0 bridgehead atoms. The average molecular weight is 156 g/mol. The summed E-state index contributed by atoms with van der Waals surface area (Å²) in [5, 5.41) is 6.38. The minimum absolute atomic E-state index is 0.0451. The lowest BCUT2D eigenvalue weighted by molar-refractivity contribution is -0.124. The van der Waals surface area contributed by atoms with Crippen LogP contribution in [0.2, 0.25) is 0 Å². The molecule has 11 heavy (non-hydrogen) atoms. The van der Waals surface area contributed by atoms with E-state index in [2.05, 4.69) is 10.6 Å². The fourth-order valence-corrected chi connectivity index (χ4v) is 1.26. The molecule has 2 N–H and O–H groups in total. The Hall–Kier alpha value is -0.410. The Balaban J connectivity index is 2.39. The minimum Gasteiger partial charge on any atom is -0.313 e. The van der Waals surface area contributed by atoms with Gasteiger partial charge in [-0.2, -0.15) is 0 Å². The lowest BCUT2D eigenvalue weighted by atomic mass is 10.0. The summed E-state index contributed by atoms with van der Waals surface area (Å²) in [6.07, 6.45) is 0. The standard InChI is InChI=1S/C8H16N2O/c1-6(2)8(11)7-5-9-3-4-10-7/h6-7,9-10H,3-5H2,1-2H3. The summed E-state index contributed by atoms with van der Waals surface area (Å²) in [6, 6.07) is 0.0451. The summed E-state index contributed by atoms with van der Waals surface area (Å²) in [7, 11) is 0. The van der Waals surface area contributed by atoms with E-state index in [9.17, 15) is 4.79 Å². The molecule has 1 atom stereocenters. The van der Waals surface area contributed by atoms with Gasteiger partial charge in [0.1, 0.15) is 0 Å². The van der Waals surface area contributed by atoms with E-state index in [1.807, 2.05) is 13.8 Å². The van der Waals surface area contributed by atoms with Crippen LogP contribution in [-0.4, -0.2) is 31.5 Å². The molecule has 0 aromatic rings. The molecule has 1 saturated heterocycles. The van der Waals surface area contributed by atoms with Crippen LogP contribution in [0.3, 0.4) is 0 Å². The van der Waals surface area contributed by atoms with Crippen LogP contribution in [0.1, 0.15) is 13.8 Å². The molecule has 0 radical (unpaired) electrons. The smallest absolute Gasteiger partial charge is 0.153 e. The minimum atomic E-state index is 0.0451. The zero-order valence-electron chi connectivity index (χ0n) is 7.18. The van der Waals surface area contributed by atoms with E-state index in [1.54, 1.807) is 0 Å². The van der Waals surface area contributed by atoms with Gasteiger partial charge in [0.15, 0.2) is 5.78 Å². The maximum Gasteiger partial charge on any atom is 0.153 e. The molecule has 1 unspecified atom stereocenters. The van der Waals surface area contributed by atoms with Crippen molar-refractivity contribution in [3.05, 3.63) is 0 Å². The van der Waals surface area contributed by atoms with Gasteiger partial charge in [-0.15, -0.1) is 0 Å². The second-order valence-electron chi connectivity index (χ2n) is 3.27. The third-order valence-corrected chi connectivity index (χ3v) is 1.95. The quantitative estimate of drug-likeness (QED) is 0.580. The van der Waals surface area contributed by atoms with E-state index < -0.39 is 0 Å². The van der Waals surface area contributed by atoms with Crippen molar-refractivity contribution < 1.29 is 4.79 Å². The third kappa shape index (κ3) is 2.27. The Bertz CT molecular complexity index is 139. The molecule has 1 aliphatic heterocycles. The number of hydrogen-bond acceptors (Lipinski definition) is 3. The van der Waals surface area contributed by atoms with Gasteiger partial charge in [0.2, 0.25) is 0 Å². The Morgan fingerprint density at radius 2 is 2.18 bits per heavy atom. The van der Waals surface area contributed by atoms with Crippen LogP contribution in [0, 0.1) is 5.92 Å². The Kier molecular flexibility index (Phi) is 3.02. The van der Waals surface area contributed by atoms with Gasteiger partial charge in [0.25, 0.3) is 0 Å². The number of piperazine rings is 1. The summed E-state index contributed by atoms with van der Waals surface area (Å²) < 4.78 is 0. The molecule has 0 aromatic heterocycles. The van der Waals surface area contributed by atoms with Crippen molar-refractivity contribution in [2.45, 2.75) is 19.9 Å². The highest BCUT2D eigenvalue weighted by atomic mass is 16.1. The Morgan fingerprint density at radius 1 is 1.45 bits per heavy atom. The van der Waals surface area contributed by atoms with Crippen molar-refractivity contribution in [3.8, 4) is 0 Å². The van der Waals surface area contributed by atoms with Crippen molar-refractivity contribution in [1.82, 2.24) is 10.6 Å². The van der Waals surface area contributed by atoms with Crippen LogP contribution < -0.4 is 10.6 Å². The zero-order chi connectivity index (χ0) is 8.27.